The number of fused-ring (bicyclic) bond motifs is 1. The van der Waals surface area contributed by atoms with Crippen LogP contribution in [0.5, 0.6) is 11.5 Å². The largest absolute Gasteiger partial charge is 0.493 e. The normalized spacial score (nSPS) is 17.9. The van der Waals surface area contributed by atoms with Gasteiger partial charge in [-0.2, -0.15) is 13.2 Å². The van der Waals surface area contributed by atoms with E-state index in [1.807, 2.05) is 18.2 Å². The summed E-state index contributed by atoms with van der Waals surface area (Å²) in [6.45, 7) is 3.42. The zero-order chi connectivity index (χ0) is 20.3. The van der Waals surface area contributed by atoms with Gasteiger partial charge < -0.3 is 19.4 Å². The van der Waals surface area contributed by atoms with E-state index in [0.29, 0.717) is 30.3 Å². The first kappa shape index (κ1) is 20.5. The Morgan fingerprint density at radius 1 is 1.25 bits per heavy atom. The van der Waals surface area contributed by atoms with E-state index in [9.17, 15) is 13.2 Å². The summed E-state index contributed by atoms with van der Waals surface area (Å²) in [5.41, 5.74) is 0.339. The SMILES string of the molecule is COc1ccc(C[C@H](C)NC[C@H]2CCc3nc(C(F)(F)F)cn3C2)cc1OC. The Kier molecular flexibility index (Phi) is 6.17. The van der Waals surface area contributed by atoms with E-state index < -0.39 is 11.9 Å². The molecule has 0 spiro atoms. The van der Waals surface area contributed by atoms with E-state index in [2.05, 4.69) is 17.2 Å². The van der Waals surface area contributed by atoms with Crippen LogP contribution in [-0.4, -0.2) is 36.4 Å². The maximum absolute atomic E-state index is 12.8. The number of ether oxygens (including phenoxy) is 2. The number of hydrogen-bond donors (Lipinski definition) is 1. The van der Waals surface area contributed by atoms with Gasteiger partial charge in [0.2, 0.25) is 0 Å². The second kappa shape index (κ2) is 8.43. The number of benzene rings is 1. The van der Waals surface area contributed by atoms with E-state index in [-0.39, 0.29) is 12.0 Å². The number of nitrogens with zero attached hydrogens (tertiary/aromatic N) is 2. The molecule has 2 heterocycles. The molecule has 1 aliphatic heterocycles. The molecular weight excluding hydrogens is 371 g/mol. The van der Waals surface area contributed by atoms with E-state index in [4.69, 9.17) is 9.47 Å². The first-order chi connectivity index (χ1) is 13.3. The van der Waals surface area contributed by atoms with Crippen LogP contribution in [0.3, 0.4) is 0 Å². The summed E-state index contributed by atoms with van der Waals surface area (Å²) in [6.07, 6.45) is -1.01. The van der Waals surface area contributed by atoms with Crippen LogP contribution in [0.4, 0.5) is 13.2 Å². The number of alkyl halides is 3. The van der Waals surface area contributed by atoms with Gasteiger partial charge in [0.15, 0.2) is 17.2 Å². The summed E-state index contributed by atoms with van der Waals surface area (Å²) in [7, 11) is 3.22. The van der Waals surface area contributed by atoms with E-state index in [1.54, 1.807) is 18.8 Å². The number of halogens is 3. The summed E-state index contributed by atoms with van der Waals surface area (Å²) in [6, 6.07) is 6.10. The van der Waals surface area contributed by atoms with Gasteiger partial charge >= 0.3 is 6.18 Å². The van der Waals surface area contributed by atoms with Gasteiger partial charge in [0, 0.05) is 25.2 Å². The Morgan fingerprint density at radius 3 is 2.68 bits per heavy atom. The minimum atomic E-state index is -4.38. The average molecular weight is 397 g/mol. The number of methoxy groups -OCH3 is 2. The molecule has 0 bridgehead atoms. The van der Waals surface area contributed by atoms with Gasteiger partial charge in [0.1, 0.15) is 5.82 Å². The molecule has 2 atom stereocenters. The van der Waals surface area contributed by atoms with Crippen molar-refractivity contribution in [2.45, 2.75) is 44.9 Å². The van der Waals surface area contributed by atoms with Crippen molar-refractivity contribution in [2.24, 2.45) is 5.92 Å². The summed E-state index contributed by atoms with van der Waals surface area (Å²) in [5.74, 6) is 2.22. The van der Waals surface area contributed by atoms with Gasteiger partial charge in [0.25, 0.3) is 0 Å². The predicted octanol–water partition coefficient (Wildman–Crippen LogP) is 3.70. The van der Waals surface area contributed by atoms with E-state index in [0.717, 1.165) is 31.1 Å². The number of aryl methyl sites for hydroxylation is 1. The minimum absolute atomic E-state index is 0.230. The number of hydrogen-bond acceptors (Lipinski definition) is 4. The van der Waals surface area contributed by atoms with Gasteiger partial charge in [-0.25, -0.2) is 4.98 Å². The Morgan fingerprint density at radius 2 is 2.00 bits per heavy atom. The molecule has 0 fully saturated rings. The summed E-state index contributed by atoms with van der Waals surface area (Å²) in [4.78, 5) is 3.73. The Hall–Kier alpha value is -2.22. The molecular formula is C20H26F3N3O2. The van der Waals surface area contributed by atoms with Crippen LogP contribution >= 0.6 is 0 Å². The second-order valence-electron chi connectivity index (χ2n) is 7.30. The highest BCUT2D eigenvalue weighted by Crippen LogP contribution is 2.31. The molecule has 0 radical (unpaired) electrons. The third kappa shape index (κ3) is 4.79. The lowest BCUT2D eigenvalue weighted by atomic mass is 9.98. The lowest BCUT2D eigenvalue weighted by Crippen LogP contribution is -2.36. The van der Waals surface area contributed by atoms with Crippen molar-refractivity contribution in [3.63, 3.8) is 0 Å². The Labute approximate surface area is 162 Å². The molecule has 0 saturated heterocycles. The molecule has 0 unspecified atom stereocenters. The maximum atomic E-state index is 12.8. The molecule has 1 aromatic heterocycles. The molecule has 5 nitrogen and oxygen atoms in total. The van der Waals surface area contributed by atoms with Crippen LogP contribution in [0.15, 0.2) is 24.4 Å². The van der Waals surface area contributed by atoms with Crippen molar-refractivity contribution in [1.29, 1.82) is 0 Å². The molecule has 0 aliphatic carbocycles. The highest BCUT2D eigenvalue weighted by Gasteiger charge is 2.35. The molecule has 1 N–H and O–H groups in total. The van der Waals surface area contributed by atoms with Gasteiger partial charge in [-0.1, -0.05) is 6.07 Å². The van der Waals surface area contributed by atoms with Crippen molar-refractivity contribution in [3.8, 4) is 11.5 Å². The van der Waals surface area contributed by atoms with Crippen molar-refractivity contribution >= 4 is 0 Å². The molecule has 1 aliphatic rings. The third-order valence-corrected chi connectivity index (χ3v) is 5.13. The fourth-order valence-corrected chi connectivity index (χ4v) is 3.62. The fraction of sp³-hybridized carbons (Fsp3) is 0.550. The number of nitrogens with one attached hydrogen (secondary N) is 1. The lowest BCUT2D eigenvalue weighted by Gasteiger charge is -2.25. The Bertz CT molecular complexity index is 804. The highest BCUT2D eigenvalue weighted by atomic mass is 19.4. The lowest BCUT2D eigenvalue weighted by molar-refractivity contribution is -0.141. The van der Waals surface area contributed by atoms with Crippen molar-refractivity contribution in [2.75, 3.05) is 20.8 Å². The zero-order valence-electron chi connectivity index (χ0n) is 16.3. The number of aromatic nitrogens is 2. The zero-order valence-corrected chi connectivity index (χ0v) is 16.3. The molecule has 0 amide bonds. The van der Waals surface area contributed by atoms with E-state index >= 15 is 0 Å². The fourth-order valence-electron chi connectivity index (χ4n) is 3.62. The molecule has 0 saturated carbocycles. The maximum Gasteiger partial charge on any atom is 0.434 e. The quantitative estimate of drug-likeness (QED) is 0.774. The number of rotatable bonds is 7. The van der Waals surface area contributed by atoms with Crippen LogP contribution < -0.4 is 14.8 Å². The smallest absolute Gasteiger partial charge is 0.434 e. The van der Waals surface area contributed by atoms with Crippen LogP contribution in [0.1, 0.15) is 30.4 Å². The monoisotopic (exact) mass is 397 g/mol. The molecule has 154 valence electrons. The minimum Gasteiger partial charge on any atom is -0.493 e. The second-order valence-corrected chi connectivity index (χ2v) is 7.30. The van der Waals surface area contributed by atoms with Crippen molar-refractivity contribution in [3.05, 3.63) is 41.5 Å². The average Bonchev–Trinajstić information content (AvgIpc) is 3.10. The highest BCUT2D eigenvalue weighted by molar-refractivity contribution is 5.43. The van der Waals surface area contributed by atoms with Crippen molar-refractivity contribution in [1.82, 2.24) is 14.9 Å². The number of imidazole rings is 1. The molecule has 3 rings (SSSR count). The van der Waals surface area contributed by atoms with Gasteiger partial charge in [-0.15, -0.1) is 0 Å². The summed E-state index contributed by atoms with van der Waals surface area (Å²) >= 11 is 0. The van der Waals surface area contributed by atoms with Gasteiger partial charge in [-0.05, 0) is 49.9 Å². The Balaban J connectivity index is 1.53. The van der Waals surface area contributed by atoms with Gasteiger partial charge in [-0.3, -0.25) is 0 Å². The topological polar surface area (TPSA) is 48.3 Å². The summed E-state index contributed by atoms with van der Waals surface area (Å²) < 4.78 is 50.7. The van der Waals surface area contributed by atoms with E-state index in [1.165, 1.54) is 0 Å². The first-order valence-corrected chi connectivity index (χ1v) is 9.37. The van der Waals surface area contributed by atoms with Crippen molar-refractivity contribution < 1.29 is 22.6 Å². The summed E-state index contributed by atoms with van der Waals surface area (Å²) in [5, 5.41) is 3.51. The third-order valence-electron chi connectivity index (χ3n) is 5.13. The van der Waals surface area contributed by atoms with Crippen LogP contribution in [-0.2, 0) is 25.6 Å². The van der Waals surface area contributed by atoms with Crippen LogP contribution in [0, 0.1) is 5.92 Å². The molecule has 8 heteroatoms. The van der Waals surface area contributed by atoms with Crippen LogP contribution in [0.25, 0.3) is 0 Å². The first-order valence-electron chi connectivity index (χ1n) is 9.37. The molecule has 28 heavy (non-hydrogen) atoms. The van der Waals surface area contributed by atoms with Crippen LogP contribution in [0.2, 0.25) is 0 Å². The molecule has 2 aromatic rings. The predicted molar refractivity (Wildman–Crippen MR) is 99.8 cm³/mol. The van der Waals surface area contributed by atoms with Gasteiger partial charge in [0.05, 0.1) is 14.2 Å². The standard InChI is InChI=1S/C20H26F3N3O2/c1-13(8-14-4-6-16(27-2)17(9-14)28-3)24-10-15-5-7-19-25-18(20(21,22)23)12-26(19)11-15/h4,6,9,12-13,15,24H,5,7-8,10-11H2,1-3H3/t13-,15+/m0/s1. The molecule has 1 aromatic carbocycles.